The summed E-state index contributed by atoms with van der Waals surface area (Å²) in [6, 6.07) is 14.8. The molecule has 3 rings (SSSR count). The van der Waals surface area contributed by atoms with Crippen LogP contribution in [0.4, 0.5) is 0 Å². The maximum atomic E-state index is 12.7. The standard InChI is InChI=1S/C26H36N2O5/c1-31-17-13-20-5-7-21(8-6-20)26(30)24(19-28-15-3-4-16-28)27-25(29)14-18-33-23-11-9-22(32-2)10-12-23/h5-12,24,26,30H,3-4,13-19H2,1-2H3,(H,27,29)/t24-,26-/m1/s1. The van der Waals surface area contributed by atoms with Gasteiger partial charge in [-0.1, -0.05) is 24.3 Å². The Morgan fingerprint density at radius 2 is 1.67 bits per heavy atom. The van der Waals surface area contributed by atoms with Gasteiger partial charge in [0.15, 0.2) is 0 Å². The van der Waals surface area contributed by atoms with E-state index in [9.17, 15) is 9.90 Å². The Balaban J connectivity index is 1.56. The number of carbonyl (C=O) groups is 1. The van der Waals surface area contributed by atoms with Crippen molar-refractivity contribution in [1.82, 2.24) is 10.2 Å². The van der Waals surface area contributed by atoms with Gasteiger partial charge >= 0.3 is 0 Å². The Kier molecular flexibility index (Phi) is 10.00. The minimum Gasteiger partial charge on any atom is -0.497 e. The van der Waals surface area contributed by atoms with Gasteiger partial charge in [-0.15, -0.1) is 0 Å². The molecule has 33 heavy (non-hydrogen) atoms. The second kappa shape index (κ2) is 13.2. The van der Waals surface area contributed by atoms with Crippen molar-refractivity contribution in [2.24, 2.45) is 0 Å². The number of amides is 1. The minimum absolute atomic E-state index is 0.136. The number of nitrogens with one attached hydrogen (secondary N) is 1. The van der Waals surface area contributed by atoms with Crippen LogP contribution in [0.1, 0.15) is 36.5 Å². The Morgan fingerprint density at radius 3 is 2.30 bits per heavy atom. The van der Waals surface area contributed by atoms with Gasteiger partial charge in [-0.2, -0.15) is 0 Å². The molecule has 2 N–H and O–H groups in total. The average molecular weight is 457 g/mol. The Hall–Kier alpha value is -2.61. The predicted octanol–water partition coefficient (Wildman–Crippen LogP) is 2.97. The Labute approximate surface area is 196 Å². The highest BCUT2D eigenvalue weighted by atomic mass is 16.5. The molecule has 0 unspecified atom stereocenters. The highest BCUT2D eigenvalue weighted by molar-refractivity contribution is 5.76. The van der Waals surface area contributed by atoms with Crippen molar-refractivity contribution < 1.29 is 24.1 Å². The highest BCUT2D eigenvalue weighted by Crippen LogP contribution is 2.21. The molecule has 1 fully saturated rings. The molecule has 1 saturated heterocycles. The number of benzene rings is 2. The number of ether oxygens (including phenoxy) is 3. The van der Waals surface area contributed by atoms with Gasteiger partial charge < -0.3 is 29.5 Å². The summed E-state index contributed by atoms with van der Waals surface area (Å²) in [6.45, 7) is 3.54. The molecule has 7 nitrogen and oxygen atoms in total. The number of aliphatic hydroxyl groups is 1. The maximum absolute atomic E-state index is 12.7. The Morgan fingerprint density at radius 1 is 1.00 bits per heavy atom. The van der Waals surface area contributed by atoms with E-state index in [-0.39, 0.29) is 25.0 Å². The molecule has 0 radical (unpaired) electrons. The summed E-state index contributed by atoms with van der Waals surface area (Å²) in [5, 5.41) is 14.1. The van der Waals surface area contributed by atoms with Crippen LogP contribution in [0.2, 0.25) is 0 Å². The van der Waals surface area contributed by atoms with Crippen LogP contribution in [0.3, 0.4) is 0 Å². The molecule has 0 aliphatic carbocycles. The van der Waals surface area contributed by atoms with Crippen LogP contribution in [0.15, 0.2) is 48.5 Å². The summed E-state index contributed by atoms with van der Waals surface area (Å²) in [7, 11) is 3.30. The van der Waals surface area contributed by atoms with Gasteiger partial charge in [0.2, 0.25) is 5.91 Å². The molecule has 2 atom stereocenters. The number of nitrogens with zero attached hydrogens (tertiary/aromatic N) is 1. The third-order valence-corrected chi connectivity index (χ3v) is 5.95. The zero-order valence-electron chi connectivity index (χ0n) is 19.7. The van der Waals surface area contributed by atoms with E-state index in [1.807, 2.05) is 48.5 Å². The fourth-order valence-electron chi connectivity index (χ4n) is 4.01. The molecular formula is C26H36N2O5. The van der Waals surface area contributed by atoms with E-state index in [4.69, 9.17) is 14.2 Å². The van der Waals surface area contributed by atoms with Crippen LogP contribution >= 0.6 is 0 Å². The number of carbonyl (C=O) groups excluding carboxylic acids is 1. The van der Waals surface area contributed by atoms with E-state index in [0.29, 0.717) is 18.9 Å². The summed E-state index contributed by atoms with van der Waals surface area (Å²) >= 11 is 0. The van der Waals surface area contributed by atoms with Crippen LogP contribution in [0.25, 0.3) is 0 Å². The number of hydrogen-bond acceptors (Lipinski definition) is 6. The molecule has 1 amide bonds. The topological polar surface area (TPSA) is 80.3 Å². The molecule has 0 bridgehead atoms. The first-order valence-electron chi connectivity index (χ1n) is 11.6. The second-order valence-electron chi connectivity index (χ2n) is 8.38. The molecule has 0 saturated carbocycles. The number of hydrogen-bond donors (Lipinski definition) is 2. The monoisotopic (exact) mass is 456 g/mol. The lowest BCUT2D eigenvalue weighted by atomic mass is 9.99. The van der Waals surface area contributed by atoms with Gasteiger partial charge in [-0.05, 0) is 67.7 Å². The first-order chi connectivity index (χ1) is 16.1. The third-order valence-electron chi connectivity index (χ3n) is 5.95. The van der Waals surface area contributed by atoms with Gasteiger partial charge in [0.25, 0.3) is 0 Å². The van der Waals surface area contributed by atoms with E-state index in [1.54, 1.807) is 14.2 Å². The molecule has 0 aromatic heterocycles. The SMILES string of the molecule is COCCc1ccc([C@@H](O)[C@@H](CN2CCCC2)NC(=O)CCOc2ccc(OC)cc2)cc1. The summed E-state index contributed by atoms with van der Waals surface area (Å²) in [4.78, 5) is 15.0. The summed E-state index contributed by atoms with van der Waals surface area (Å²) < 4.78 is 16.0. The lowest BCUT2D eigenvalue weighted by molar-refractivity contribution is -0.123. The van der Waals surface area contributed by atoms with Gasteiger partial charge in [0.05, 0.1) is 32.8 Å². The lowest BCUT2D eigenvalue weighted by Crippen LogP contribution is -2.47. The molecule has 0 spiro atoms. The normalized spacial score (nSPS) is 15.7. The summed E-state index contributed by atoms with van der Waals surface area (Å²) in [6.07, 6.45) is 2.56. The van der Waals surface area contributed by atoms with Crippen molar-refractivity contribution in [2.75, 3.05) is 47.1 Å². The van der Waals surface area contributed by atoms with Crippen molar-refractivity contribution in [2.45, 2.75) is 37.8 Å². The van der Waals surface area contributed by atoms with Crippen molar-refractivity contribution in [1.29, 1.82) is 0 Å². The fraction of sp³-hybridized carbons (Fsp3) is 0.500. The second-order valence-corrected chi connectivity index (χ2v) is 8.38. The maximum Gasteiger partial charge on any atom is 0.223 e. The summed E-state index contributed by atoms with van der Waals surface area (Å²) in [5.74, 6) is 1.31. The zero-order chi connectivity index (χ0) is 23.5. The van der Waals surface area contributed by atoms with Gasteiger partial charge in [-0.25, -0.2) is 0 Å². The van der Waals surface area contributed by atoms with Gasteiger partial charge in [0, 0.05) is 13.7 Å². The van der Waals surface area contributed by atoms with Crippen LogP contribution in [-0.4, -0.2) is 69.0 Å². The largest absolute Gasteiger partial charge is 0.497 e. The van der Waals surface area contributed by atoms with Crippen molar-refractivity contribution in [3.05, 3.63) is 59.7 Å². The first-order valence-corrected chi connectivity index (χ1v) is 11.6. The molecule has 1 aliphatic rings. The lowest BCUT2D eigenvalue weighted by Gasteiger charge is -2.29. The molecular weight excluding hydrogens is 420 g/mol. The molecule has 2 aromatic rings. The Bertz CT molecular complexity index is 835. The van der Waals surface area contributed by atoms with Crippen molar-refractivity contribution in [3.8, 4) is 11.5 Å². The smallest absolute Gasteiger partial charge is 0.223 e. The molecule has 1 aliphatic heterocycles. The molecule has 180 valence electrons. The number of methoxy groups -OCH3 is 2. The molecule has 2 aromatic carbocycles. The molecule has 1 heterocycles. The summed E-state index contributed by atoms with van der Waals surface area (Å²) in [5.41, 5.74) is 1.96. The zero-order valence-corrected chi connectivity index (χ0v) is 19.7. The van der Waals surface area contributed by atoms with E-state index >= 15 is 0 Å². The van der Waals surface area contributed by atoms with Crippen LogP contribution in [0.5, 0.6) is 11.5 Å². The number of rotatable bonds is 13. The van der Waals surface area contributed by atoms with Crippen molar-refractivity contribution >= 4 is 5.91 Å². The number of aliphatic hydroxyl groups excluding tert-OH is 1. The fourth-order valence-corrected chi connectivity index (χ4v) is 4.01. The minimum atomic E-state index is -0.784. The average Bonchev–Trinajstić information content (AvgIpc) is 3.36. The first kappa shape index (κ1) is 25.0. The van der Waals surface area contributed by atoms with E-state index < -0.39 is 6.10 Å². The van der Waals surface area contributed by atoms with E-state index in [2.05, 4.69) is 10.2 Å². The number of likely N-dealkylation sites (tertiary alicyclic amines) is 1. The molecule has 7 heteroatoms. The quantitative estimate of drug-likeness (QED) is 0.482. The van der Waals surface area contributed by atoms with Crippen molar-refractivity contribution in [3.63, 3.8) is 0 Å². The van der Waals surface area contributed by atoms with E-state index in [0.717, 1.165) is 49.2 Å². The van der Waals surface area contributed by atoms with Gasteiger partial charge in [-0.3, -0.25) is 4.79 Å². The van der Waals surface area contributed by atoms with Crippen LogP contribution < -0.4 is 14.8 Å². The van der Waals surface area contributed by atoms with Crippen LogP contribution in [0, 0.1) is 0 Å². The third kappa shape index (κ3) is 8.03. The predicted molar refractivity (Wildman–Crippen MR) is 128 cm³/mol. The highest BCUT2D eigenvalue weighted by Gasteiger charge is 2.26. The van der Waals surface area contributed by atoms with E-state index in [1.165, 1.54) is 0 Å². The van der Waals surface area contributed by atoms with Gasteiger partial charge in [0.1, 0.15) is 17.6 Å². The van der Waals surface area contributed by atoms with Crippen LogP contribution in [-0.2, 0) is 16.0 Å².